The Labute approximate surface area is 79.9 Å². The molecule has 1 aromatic rings. The van der Waals surface area contributed by atoms with Crippen molar-refractivity contribution in [3.05, 3.63) is 12.4 Å². The molecule has 1 rings (SSSR count). The Bertz CT molecular complexity index is 322. The second kappa shape index (κ2) is 4.17. The van der Waals surface area contributed by atoms with Gasteiger partial charge >= 0.3 is 6.43 Å². The fourth-order valence-corrected chi connectivity index (χ4v) is 0.882. The average molecular weight is 203 g/mol. The van der Waals surface area contributed by atoms with Crippen molar-refractivity contribution in [1.29, 1.82) is 0 Å². The summed E-state index contributed by atoms with van der Waals surface area (Å²) in [5, 5.41) is 5.93. The zero-order valence-corrected chi connectivity index (χ0v) is 7.87. The van der Waals surface area contributed by atoms with Crippen LogP contribution in [-0.4, -0.2) is 22.1 Å². The number of amides is 1. The summed E-state index contributed by atoms with van der Waals surface area (Å²) in [6.07, 6.45) is -0.164. The first-order chi connectivity index (χ1) is 6.50. The van der Waals surface area contributed by atoms with E-state index in [0.717, 1.165) is 0 Å². The van der Waals surface area contributed by atoms with Crippen LogP contribution < -0.4 is 5.32 Å². The van der Waals surface area contributed by atoms with Crippen molar-refractivity contribution in [2.24, 2.45) is 0 Å². The lowest BCUT2D eigenvalue weighted by molar-refractivity contribution is -0.126. The van der Waals surface area contributed by atoms with Crippen LogP contribution in [0.1, 0.15) is 19.9 Å². The molecule has 0 bridgehead atoms. The number of aromatic nitrogens is 2. The predicted molar refractivity (Wildman–Crippen MR) is 47.2 cm³/mol. The first-order valence-electron chi connectivity index (χ1n) is 4.14. The van der Waals surface area contributed by atoms with Gasteiger partial charge in [0.05, 0.1) is 11.9 Å². The van der Waals surface area contributed by atoms with Gasteiger partial charge in [-0.05, 0) is 13.8 Å². The Morgan fingerprint density at radius 1 is 1.57 bits per heavy atom. The van der Waals surface area contributed by atoms with Crippen molar-refractivity contribution in [2.45, 2.75) is 26.3 Å². The van der Waals surface area contributed by atoms with Crippen LogP contribution in [0.3, 0.4) is 0 Å². The lowest BCUT2D eigenvalue weighted by Crippen LogP contribution is -2.19. The highest BCUT2D eigenvalue weighted by atomic mass is 19.3. The first-order valence-corrected chi connectivity index (χ1v) is 4.14. The summed E-state index contributed by atoms with van der Waals surface area (Å²) < 4.78 is 25.3. The lowest BCUT2D eigenvalue weighted by Gasteiger charge is -2.03. The summed E-state index contributed by atoms with van der Waals surface area (Å²) in [6.45, 7) is 3.79. The van der Waals surface area contributed by atoms with Crippen LogP contribution in [0.15, 0.2) is 12.4 Å². The molecule has 0 fully saturated rings. The van der Waals surface area contributed by atoms with Crippen molar-refractivity contribution < 1.29 is 13.6 Å². The van der Waals surface area contributed by atoms with Crippen molar-refractivity contribution >= 4 is 11.6 Å². The van der Waals surface area contributed by atoms with E-state index in [4.69, 9.17) is 0 Å². The molecule has 0 radical (unpaired) electrons. The monoisotopic (exact) mass is 203 g/mol. The normalized spacial score (nSPS) is 11.0. The zero-order valence-electron chi connectivity index (χ0n) is 7.87. The Balaban J connectivity index is 2.64. The predicted octanol–water partition coefficient (Wildman–Crippen LogP) is 1.67. The smallest absolute Gasteiger partial charge is 0.315 e. The third-order valence-corrected chi connectivity index (χ3v) is 1.60. The average Bonchev–Trinajstić information content (AvgIpc) is 2.52. The van der Waals surface area contributed by atoms with E-state index in [0.29, 0.717) is 0 Å². The second-order valence-corrected chi connectivity index (χ2v) is 3.09. The summed E-state index contributed by atoms with van der Waals surface area (Å²) in [5.74, 6) is -1.31. The van der Waals surface area contributed by atoms with Gasteiger partial charge in [-0.1, -0.05) is 0 Å². The van der Waals surface area contributed by atoms with Crippen molar-refractivity contribution in [3.63, 3.8) is 0 Å². The summed E-state index contributed by atoms with van der Waals surface area (Å²) in [4.78, 5) is 10.6. The molecule has 0 aromatic carbocycles. The molecule has 6 heteroatoms. The maximum atomic E-state index is 11.8. The summed E-state index contributed by atoms with van der Waals surface area (Å²) in [5.41, 5.74) is 0.281. The van der Waals surface area contributed by atoms with Gasteiger partial charge in [-0.2, -0.15) is 13.9 Å². The van der Waals surface area contributed by atoms with Gasteiger partial charge in [0.1, 0.15) is 0 Å². The standard InChI is InChI=1S/C8H11F2N3O/c1-5(2)13-4-6(3-11-13)12-8(14)7(9)10/h3-5,7H,1-2H3,(H,12,14). The van der Waals surface area contributed by atoms with E-state index in [-0.39, 0.29) is 11.7 Å². The number of hydrogen-bond acceptors (Lipinski definition) is 2. The third kappa shape index (κ3) is 2.51. The molecule has 0 saturated heterocycles. The Hall–Kier alpha value is -1.46. The Kier molecular flexibility index (Phi) is 3.16. The molecule has 0 aliphatic heterocycles. The topological polar surface area (TPSA) is 46.9 Å². The quantitative estimate of drug-likeness (QED) is 0.812. The van der Waals surface area contributed by atoms with Crippen LogP contribution in [0.5, 0.6) is 0 Å². The largest absolute Gasteiger partial charge is 0.318 e. The van der Waals surface area contributed by atoms with Crippen molar-refractivity contribution in [3.8, 4) is 0 Å². The van der Waals surface area contributed by atoms with Gasteiger partial charge in [0.15, 0.2) is 0 Å². The Morgan fingerprint density at radius 2 is 2.21 bits per heavy atom. The minimum absolute atomic E-state index is 0.132. The van der Waals surface area contributed by atoms with E-state index in [9.17, 15) is 13.6 Å². The molecular formula is C8H11F2N3O. The van der Waals surface area contributed by atoms with Crippen LogP contribution in [0.2, 0.25) is 0 Å². The van der Waals surface area contributed by atoms with Gasteiger partial charge in [-0.25, -0.2) is 0 Å². The number of halogens is 2. The van der Waals surface area contributed by atoms with E-state index in [1.54, 1.807) is 4.68 Å². The number of carbonyl (C=O) groups excluding carboxylic acids is 1. The number of rotatable bonds is 3. The van der Waals surface area contributed by atoms with Crippen LogP contribution in [0.25, 0.3) is 0 Å². The molecule has 1 aromatic heterocycles. The highest BCUT2D eigenvalue weighted by Gasteiger charge is 2.15. The number of anilines is 1. The van der Waals surface area contributed by atoms with Gasteiger partial charge in [0.25, 0.3) is 5.91 Å². The number of hydrogen-bond donors (Lipinski definition) is 1. The van der Waals surface area contributed by atoms with E-state index in [2.05, 4.69) is 5.10 Å². The van der Waals surface area contributed by atoms with Crippen LogP contribution in [0.4, 0.5) is 14.5 Å². The number of carbonyl (C=O) groups is 1. The van der Waals surface area contributed by atoms with Crippen molar-refractivity contribution in [2.75, 3.05) is 5.32 Å². The van der Waals surface area contributed by atoms with E-state index in [1.165, 1.54) is 12.4 Å². The maximum absolute atomic E-state index is 11.8. The fourth-order valence-electron chi connectivity index (χ4n) is 0.882. The fraction of sp³-hybridized carbons (Fsp3) is 0.500. The van der Waals surface area contributed by atoms with Crippen LogP contribution in [-0.2, 0) is 4.79 Å². The molecular weight excluding hydrogens is 192 g/mol. The molecule has 0 unspecified atom stereocenters. The first kappa shape index (κ1) is 10.6. The SMILES string of the molecule is CC(C)n1cc(NC(=O)C(F)F)cn1. The lowest BCUT2D eigenvalue weighted by atomic mass is 10.4. The van der Waals surface area contributed by atoms with Gasteiger partial charge in [-0.15, -0.1) is 0 Å². The number of alkyl halides is 2. The minimum Gasteiger partial charge on any atom is -0.318 e. The summed E-state index contributed by atoms with van der Waals surface area (Å²) in [7, 11) is 0. The second-order valence-electron chi connectivity index (χ2n) is 3.09. The molecule has 4 nitrogen and oxygen atoms in total. The molecule has 0 saturated carbocycles. The number of nitrogens with one attached hydrogen (secondary N) is 1. The summed E-state index contributed by atoms with van der Waals surface area (Å²) in [6, 6.07) is 0.132. The molecule has 0 atom stereocenters. The van der Waals surface area contributed by atoms with E-state index < -0.39 is 12.3 Å². The van der Waals surface area contributed by atoms with Gasteiger partial charge in [-0.3, -0.25) is 9.48 Å². The number of nitrogens with zero attached hydrogens (tertiary/aromatic N) is 2. The van der Waals surface area contributed by atoms with Gasteiger partial charge in [0.2, 0.25) is 0 Å². The molecule has 78 valence electrons. The zero-order chi connectivity index (χ0) is 10.7. The van der Waals surface area contributed by atoms with Crippen molar-refractivity contribution in [1.82, 2.24) is 9.78 Å². The summed E-state index contributed by atoms with van der Waals surface area (Å²) >= 11 is 0. The van der Waals surface area contributed by atoms with E-state index >= 15 is 0 Å². The molecule has 1 heterocycles. The molecule has 0 aliphatic carbocycles. The molecule has 0 spiro atoms. The molecule has 14 heavy (non-hydrogen) atoms. The Morgan fingerprint density at radius 3 is 2.64 bits per heavy atom. The van der Waals surface area contributed by atoms with Crippen LogP contribution in [0, 0.1) is 0 Å². The molecule has 1 amide bonds. The van der Waals surface area contributed by atoms with Gasteiger partial charge in [0, 0.05) is 12.2 Å². The highest BCUT2D eigenvalue weighted by molar-refractivity contribution is 5.92. The molecule has 0 aliphatic rings. The highest BCUT2D eigenvalue weighted by Crippen LogP contribution is 2.10. The minimum atomic E-state index is -3.00. The maximum Gasteiger partial charge on any atom is 0.315 e. The third-order valence-electron chi connectivity index (χ3n) is 1.60. The van der Waals surface area contributed by atoms with Crippen LogP contribution >= 0.6 is 0 Å². The molecule has 1 N–H and O–H groups in total. The van der Waals surface area contributed by atoms with Gasteiger partial charge < -0.3 is 5.32 Å². The van der Waals surface area contributed by atoms with E-state index in [1.807, 2.05) is 19.2 Å².